The van der Waals surface area contributed by atoms with Gasteiger partial charge in [0.1, 0.15) is 5.54 Å². The summed E-state index contributed by atoms with van der Waals surface area (Å²) in [6.07, 6.45) is 1.99. The van der Waals surface area contributed by atoms with Crippen LogP contribution >= 0.6 is 0 Å². The van der Waals surface area contributed by atoms with Crippen LogP contribution < -0.4 is 5.32 Å². The van der Waals surface area contributed by atoms with Crippen molar-refractivity contribution in [2.45, 2.75) is 59.4 Å². The molecule has 0 spiro atoms. The van der Waals surface area contributed by atoms with Gasteiger partial charge in [-0.25, -0.2) is 0 Å². The lowest BCUT2D eigenvalue weighted by molar-refractivity contribution is -0.138. The van der Waals surface area contributed by atoms with E-state index in [9.17, 15) is 9.59 Å². The molecule has 1 fully saturated rings. The Hall–Kier alpha value is -1.06. The van der Waals surface area contributed by atoms with Crippen molar-refractivity contribution in [2.24, 2.45) is 5.41 Å². The van der Waals surface area contributed by atoms with Crippen molar-refractivity contribution in [1.29, 1.82) is 0 Å². The van der Waals surface area contributed by atoms with Gasteiger partial charge >= 0.3 is 0 Å². The second kappa shape index (κ2) is 5.29. The molecule has 18 heavy (non-hydrogen) atoms. The van der Waals surface area contributed by atoms with Crippen molar-refractivity contribution in [3.05, 3.63) is 0 Å². The Morgan fingerprint density at radius 3 is 2.44 bits per heavy atom. The fourth-order valence-electron chi connectivity index (χ4n) is 2.03. The topological polar surface area (TPSA) is 49.4 Å². The smallest absolute Gasteiger partial charge is 0.248 e. The zero-order chi connectivity index (χ0) is 14.0. The molecule has 1 N–H and O–H groups in total. The van der Waals surface area contributed by atoms with E-state index < -0.39 is 5.54 Å². The molecule has 1 heterocycles. The molecule has 0 aromatic heterocycles. The maximum absolute atomic E-state index is 12.5. The largest absolute Gasteiger partial charge is 0.342 e. The molecule has 104 valence electrons. The van der Waals surface area contributed by atoms with Gasteiger partial charge in [-0.2, -0.15) is 0 Å². The van der Waals surface area contributed by atoms with E-state index in [0.717, 1.165) is 13.0 Å². The van der Waals surface area contributed by atoms with Gasteiger partial charge in [0.2, 0.25) is 11.8 Å². The first-order chi connectivity index (χ1) is 8.18. The zero-order valence-corrected chi connectivity index (χ0v) is 12.3. The van der Waals surface area contributed by atoms with Gasteiger partial charge in [0.15, 0.2) is 0 Å². The van der Waals surface area contributed by atoms with E-state index >= 15 is 0 Å². The molecule has 1 rings (SSSR count). The molecule has 0 radical (unpaired) electrons. The summed E-state index contributed by atoms with van der Waals surface area (Å²) in [6, 6.07) is 0. The number of nitrogens with one attached hydrogen (secondary N) is 1. The summed E-state index contributed by atoms with van der Waals surface area (Å²) < 4.78 is 0. The molecular formula is C14H26N2O2. The number of hydrogen-bond acceptors (Lipinski definition) is 2. The summed E-state index contributed by atoms with van der Waals surface area (Å²) >= 11 is 0. The van der Waals surface area contributed by atoms with Gasteiger partial charge in [-0.05, 0) is 25.2 Å². The van der Waals surface area contributed by atoms with Gasteiger partial charge < -0.3 is 10.2 Å². The molecule has 1 atom stereocenters. The third-order valence-corrected chi connectivity index (χ3v) is 3.62. The SMILES string of the molecule is CCC1(C)NC(=O)CCN(CCC(C)(C)C)C1=O. The second-order valence-electron chi connectivity index (χ2n) is 6.59. The number of carbonyl (C=O) groups is 2. The average molecular weight is 254 g/mol. The quantitative estimate of drug-likeness (QED) is 0.836. The number of nitrogens with zero attached hydrogens (tertiary/aromatic N) is 1. The van der Waals surface area contributed by atoms with Crippen LogP contribution in [0, 0.1) is 5.41 Å². The Morgan fingerprint density at radius 1 is 1.33 bits per heavy atom. The standard InChI is InChI=1S/C14H26N2O2/c1-6-14(5)12(18)16(9-7-11(17)15-14)10-8-13(2,3)4/h6-10H2,1-5H3,(H,15,17). The van der Waals surface area contributed by atoms with E-state index in [1.807, 2.05) is 18.7 Å². The van der Waals surface area contributed by atoms with E-state index in [-0.39, 0.29) is 17.2 Å². The summed E-state index contributed by atoms with van der Waals surface area (Å²) in [5.74, 6) is 0.0334. The first-order valence-electron chi connectivity index (χ1n) is 6.78. The minimum atomic E-state index is -0.731. The predicted molar refractivity (Wildman–Crippen MR) is 72.1 cm³/mol. The first kappa shape index (κ1) is 15.0. The summed E-state index contributed by atoms with van der Waals surface area (Å²) in [4.78, 5) is 26.0. The number of amides is 2. The monoisotopic (exact) mass is 254 g/mol. The third-order valence-electron chi connectivity index (χ3n) is 3.62. The summed E-state index contributed by atoms with van der Waals surface area (Å²) in [7, 11) is 0. The van der Waals surface area contributed by atoms with Gasteiger partial charge in [-0.3, -0.25) is 9.59 Å². The summed E-state index contributed by atoms with van der Waals surface area (Å²) in [5.41, 5.74) is -0.530. The van der Waals surface area contributed by atoms with Gasteiger partial charge in [0, 0.05) is 19.5 Å². The Kier molecular flexibility index (Phi) is 4.41. The Balaban J connectivity index is 2.78. The minimum absolute atomic E-state index is 0.0223. The van der Waals surface area contributed by atoms with Crippen LogP contribution in [0.2, 0.25) is 0 Å². The molecule has 1 unspecified atom stereocenters. The third kappa shape index (κ3) is 3.72. The van der Waals surface area contributed by atoms with Crippen molar-refractivity contribution < 1.29 is 9.59 Å². The van der Waals surface area contributed by atoms with Crippen LogP contribution in [0.15, 0.2) is 0 Å². The highest BCUT2D eigenvalue weighted by Crippen LogP contribution is 2.22. The normalized spacial score (nSPS) is 25.9. The van der Waals surface area contributed by atoms with Gasteiger partial charge in [0.05, 0.1) is 0 Å². The van der Waals surface area contributed by atoms with Gasteiger partial charge in [-0.1, -0.05) is 27.7 Å². The lowest BCUT2D eigenvalue weighted by atomic mass is 9.91. The van der Waals surface area contributed by atoms with E-state index in [4.69, 9.17) is 0 Å². The van der Waals surface area contributed by atoms with Crippen LogP contribution in [0.4, 0.5) is 0 Å². The van der Waals surface area contributed by atoms with Crippen molar-refractivity contribution in [1.82, 2.24) is 10.2 Å². The number of hydrogen-bond donors (Lipinski definition) is 1. The molecule has 4 heteroatoms. The molecule has 1 aliphatic heterocycles. The first-order valence-corrected chi connectivity index (χ1v) is 6.78. The van der Waals surface area contributed by atoms with Crippen molar-refractivity contribution >= 4 is 11.8 Å². The van der Waals surface area contributed by atoms with Gasteiger partial charge in [-0.15, -0.1) is 0 Å². The van der Waals surface area contributed by atoms with Crippen LogP contribution in [-0.2, 0) is 9.59 Å². The molecule has 0 saturated carbocycles. The van der Waals surface area contributed by atoms with E-state index in [1.165, 1.54) is 0 Å². The average Bonchev–Trinajstić information content (AvgIpc) is 2.36. The lowest BCUT2D eigenvalue weighted by Gasteiger charge is -2.32. The fraction of sp³-hybridized carbons (Fsp3) is 0.857. The maximum atomic E-state index is 12.5. The molecule has 4 nitrogen and oxygen atoms in total. The molecule has 0 aromatic rings. The fourth-order valence-corrected chi connectivity index (χ4v) is 2.03. The van der Waals surface area contributed by atoms with Crippen LogP contribution in [0.1, 0.15) is 53.9 Å². The molecule has 1 aliphatic rings. The lowest BCUT2D eigenvalue weighted by Crippen LogP contribution is -2.54. The van der Waals surface area contributed by atoms with E-state index in [0.29, 0.717) is 19.4 Å². The predicted octanol–water partition coefficient (Wildman–Crippen LogP) is 1.94. The van der Waals surface area contributed by atoms with Crippen LogP contribution in [-0.4, -0.2) is 35.3 Å². The minimum Gasteiger partial charge on any atom is -0.342 e. The summed E-state index contributed by atoms with van der Waals surface area (Å²) in [6.45, 7) is 11.5. The second-order valence-corrected chi connectivity index (χ2v) is 6.59. The molecule has 0 aromatic carbocycles. The Bertz CT molecular complexity index is 333. The van der Waals surface area contributed by atoms with Crippen molar-refractivity contribution in [2.75, 3.05) is 13.1 Å². The molecule has 0 bridgehead atoms. The number of rotatable bonds is 3. The van der Waals surface area contributed by atoms with Crippen molar-refractivity contribution in [3.63, 3.8) is 0 Å². The number of carbonyl (C=O) groups excluding carboxylic acids is 2. The maximum Gasteiger partial charge on any atom is 0.248 e. The van der Waals surface area contributed by atoms with Crippen LogP contribution in [0.3, 0.4) is 0 Å². The van der Waals surface area contributed by atoms with Crippen molar-refractivity contribution in [3.8, 4) is 0 Å². The Labute approximate surface area is 110 Å². The molecular weight excluding hydrogens is 228 g/mol. The molecule has 2 amide bonds. The summed E-state index contributed by atoms with van der Waals surface area (Å²) in [5, 5.41) is 2.85. The molecule has 1 saturated heterocycles. The highest BCUT2D eigenvalue weighted by atomic mass is 16.2. The zero-order valence-electron chi connectivity index (χ0n) is 12.3. The van der Waals surface area contributed by atoms with Crippen LogP contribution in [0.5, 0.6) is 0 Å². The highest BCUT2D eigenvalue weighted by molar-refractivity contribution is 5.93. The Morgan fingerprint density at radius 2 is 1.94 bits per heavy atom. The van der Waals surface area contributed by atoms with Gasteiger partial charge in [0.25, 0.3) is 0 Å². The molecule has 0 aliphatic carbocycles. The van der Waals surface area contributed by atoms with E-state index in [1.54, 1.807) is 0 Å². The van der Waals surface area contributed by atoms with E-state index in [2.05, 4.69) is 26.1 Å². The highest BCUT2D eigenvalue weighted by Gasteiger charge is 2.39. The van der Waals surface area contributed by atoms with Crippen LogP contribution in [0.25, 0.3) is 0 Å².